The molecule has 0 N–H and O–H groups in total. The van der Waals surface area contributed by atoms with E-state index in [1.165, 1.54) is 38.5 Å². The molecule has 0 saturated carbocycles. The summed E-state index contributed by atoms with van der Waals surface area (Å²) in [5.41, 5.74) is 1.75. The van der Waals surface area contributed by atoms with Gasteiger partial charge < -0.3 is 0 Å². The second kappa shape index (κ2) is 5.47. The van der Waals surface area contributed by atoms with Gasteiger partial charge in [0, 0.05) is 0 Å². The predicted molar refractivity (Wildman–Crippen MR) is 59.8 cm³/mol. The van der Waals surface area contributed by atoms with Crippen LogP contribution in [0.1, 0.15) is 59.3 Å². The van der Waals surface area contributed by atoms with Crippen molar-refractivity contribution in [3.05, 3.63) is 11.6 Å². The quantitative estimate of drug-likeness (QED) is 0.556. The molecule has 0 amide bonds. The van der Waals surface area contributed by atoms with Crippen LogP contribution >= 0.6 is 0 Å². The van der Waals surface area contributed by atoms with E-state index in [2.05, 4.69) is 26.8 Å². The molecule has 13 heavy (non-hydrogen) atoms. The molecule has 0 aliphatic heterocycles. The van der Waals surface area contributed by atoms with Crippen molar-refractivity contribution < 1.29 is 0 Å². The number of allylic oxidation sites excluding steroid dienone is 2. The topological polar surface area (TPSA) is 0 Å². The molecule has 0 aromatic carbocycles. The molecule has 0 nitrogen and oxygen atoms in total. The Morgan fingerprint density at radius 1 is 1.54 bits per heavy atom. The maximum Gasteiger partial charge on any atom is -0.0229 e. The molecule has 0 fully saturated rings. The van der Waals surface area contributed by atoms with E-state index >= 15 is 0 Å². The Kier molecular flexibility index (Phi) is 4.55. The summed E-state index contributed by atoms with van der Waals surface area (Å²) in [5.74, 6) is 1.70. The summed E-state index contributed by atoms with van der Waals surface area (Å²) in [4.78, 5) is 0. The molecule has 1 rings (SSSR count). The maximum atomic E-state index is 2.51. The largest absolute Gasteiger partial charge is 0.0848 e. The Morgan fingerprint density at radius 2 is 2.31 bits per heavy atom. The molecule has 0 aromatic rings. The lowest BCUT2D eigenvalue weighted by Gasteiger charge is -2.25. The molecular weight excluding hydrogens is 156 g/mol. The maximum absolute atomic E-state index is 2.51. The van der Waals surface area contributed by atoms with Crippen molar-refractivity contribution in [2.45, 2.75) is 59.3 Å². The first kappa shape index (κ1) is 10.8. The van der Waals surface area contributed by atoms with Gasteiger partial charge >= 0.3 is 0 Å². The van der Waals surface area contributed by atoms with Crippen molar-refractivity contribution in [3.8, 4) is 0 Å². The van der Waals surface area contributed by atoms with Gasteiger partial charge in [-0.05, 0) is 37.5 Å². The van der Waals surface area contributed by atoms with Gasteiger partial charge in [-0.15, -0.1) is 0 Å². The monoisotopic (exact) mass is 180 g/mol. The highest BCUT2D eigenvalue weighted by Crippen LogP contribution is 2.31. The zero-order valence-electron chi connectivity index (χ0n) is 9.47. The van der Waals surface area contributed by atoms with E-state index in [1.54, 1.807) is 5.57 Å². The second-order valence-electron chi connectivity index (χ2n) is 4.58. The first-order valence-corrected chi connectivity index (χ1v) is 5.95. The molecule has 0 heteroatoms. The fourth-order valence-corrected chi connectivity index (χ4v) is 2.42. The van der Waals surface area contributed by atoms with Gasteiger partial charge in [-0.25, -0.2) is 0 Å². The molecule has 2 atom stereocenters. The minimum Gasteiger partial charge on any atom is -0.0848 e. The van der Waals surface area contributed by atoms with Crippen LogP contribution in [0.4, 0.5) is 0 Å². The summed E-state index contributed by atoms with van der Waals surface area (Å²) in [6, 6.07) is 0. The molecule has 1 aliphatic rings. The van der Waals surface area contributed by atoms with Crippen molar-refractivity contribution in [2.24, 2.45) is 11.8 Å². The first-order chi connectivity index (χ1) is 6.25. The van der Waals surface area contributed by atoms with Crippen LogP contribution in [-0.4, -0.2) is 0 Å². The van der Waals surface area contributed by atoms with Gasteiger partial charge in [-0.2, -0.15) is 0 Å². The van der Waals surface area contributed by atoms with Gasteiger partial charge in [0.15, 0.2) is 0 Å². The van der Waals surface area contributed by atoms with Crippen LogP contribution in [0.15, 0.2) is 11.6 Å². The van der Waals surface area contributed by atoms with Crippen LogP contribution in [-0.2, 0) is 0 Å². The van der Waals surface area contributed by atoms with Gasteiger partial charge in [0.1, 0.15) is 0 Å². The van der Waals surface area contributed by atoms with Crippen LogP contribution in [0, 0.1) is 11.8 Å². The summed E-state index contributed by atoms with van der Waals surface area (Å²) in [6.45, 7) is 7.09. The molecular formula is C13H24. The molecule has 1 aliphatic carbocycles. The Labute approximate surface area is 83.4 Å². The minimum absolute atomic E-state index is 0.843. The first-order valence-electron chi connectivity index (χ1n) is 5.95. The Hall–Kier alpha value is -0.260. The zero-order valence-corrected chi connectivity index (χ0v) is 9.47. The van der Waals surface area contributed by atoms with Crippen LogP contribution in [0.2, 0.25) is 0 Å². The fourth-order valence-electron chi connectivity index (χ4n) is 2.42. The average Bonchev–Trinajstić information content (AvgIpc) is 2.15. The lowest BCUT2D eigenvalue weighted by atomic mass is 9.80. The summed E-state index contributed by atoms with van der Waals surface area (Å²) in [7, 11) is 0. The smallest absolute Gasteiger partial charge is 0.0229 e. The molecule has 0 bridgehead atoms. The third-order valence-corrected chi connectivity index (χ3v) is 3.35. The van der Waals surface area contributed by atoms with Crippen LogP contribution in [0.5, 0.6) is 0 Å². The molecule has 0 saturated heterocycles. The van der Waals surface area contributed by atoms with E-state index in [9.17, 15) is 0 Å². The van der Waals surface area contributed by atoms with Gasteiger partial charge in [0.05, 0.1) is 0 Å². The van der Waals surface area contributed by atoms with Crippen LogP contribution < -0.4 is 0 Å². The van der Waals surface area contributed by atoms with E-state index < -0.39 is 0 Å². The van der Waals surface area contributed by atoms with Gasteiger partial charge in [0.25, 0.3) is 0 Å². The van der Waals surface area contributed by atoms with Crippen molar-refractivity contribution in [1.82, 2.24) is 0 Å². The normalized spacial score (nSPS) is 25.5. The van der Waals surface area contributed by atoms with E-state index in [-0.39, 0.29) is 0 Å². The van der Waals surface area contributed by atoms with Gasteiger partial charge in [-0.1, -0.05) is 45.3 Å². The SMILES string of the molecule is CCCCC(C)C1=CCCCC1C. The third kappa shape index (κ3) is 3.17. The molecule has 0 aromatic heterocycles. The molecule has 2 unspecified atom stereocenters. The number of hydrogen-bond donors (Lipinski definition) is 0. The Morgan fingerprint density at radius 3 is 2.92 bits per heavy atom. The van der Waals surface area contributed by atoms with Crippen molar-refractivity contribution >= 4 is 0 Å². The molecule has 0 heterocycles. The summed E-state index contributed by atoms with van der Waals surface area (Å²) in [6.07, 6.45) is 10.8. The van der Waals surface area contributed by atoms with Crippen molar-refractivity contribution in [1.29, 1.82) is 0 Å². The fraction of sp³-hybridized carbons (Fsp3) is 0.846. The minimum atomic E-state index is 0.843. The van der Waals surface area contributed by atoms with Crippen molar-refractivity contribution in [2.75, 3.05) is 0 Å². The highest BCUT2D eigenvalue weighted by atomic mass is 14.2. The van der Waals surface area contributed by atoms with Gasteiger partial charge in [-0.3, -0.25) is 0 Å². The lowest BCUT2D eigenvalue weighted by Crippen LogP contribution is -2.11. The number of unbranched alkanes of at least 4 members (excludes halogenated alkanes) is 1. The third-order valence-electron chi connectivity index (χ3n) is 3.35. The molecule has 0 spiro atoms. The summed E-state index contributed by atoms with van der Waals surface area (Å²) in [5, 5.41) is 0. The Bertz CT molecular complexity index is 167. The van der Waals surface area contributed by atoms with Crippen molar-refractivity contribution in [3.63, 3.8) is 0 Å². The summed E-state index contributed by atoms with van der Waals surface area (Å²) < 4.78 is 0. The average molecular weight is 180 g/mol. The number of rotatable bonds is 4. The van der Waals surface area contributed by atoms with E-state index in [1.807, 2.05) is 0 Å². The van der Waals surface area contributed by atoms with E-state index in [4.69, 9.17) is 0 Å². The van der Waals surface area contributed by atoms with Crippen LogP contribution in [0.25, 0.3) is 0 Å². The van der Waals surface area contributed by atoms with E-state index in [0.29, 0.717) is 0 Å². The predicted octanol–water partition coefficient (Wildman–Crippen LogP) is 4.56. The Balaban J connectivity index is 2.43. The highest BCUT2D eigenvalue weighted by molar-refractivity contribution is 5.11. The van der Waals surface area contributed by atoms with Crippen LogP contribution in [0.3, 0.4) is 0 Å². The molecule has 76 valence electrons. The standard InChI is InChI=1S/C13H24/c1-4-5-8-11(2)13-10-7-6-9-12(13)3/h10-12H,4-9H2,1-3H3. The highest BCUT2D eigenvalue weighted by Gasteiger charge is 2.17. The number of hydrogen-bond acceptors (Lipinski definition) is 0. The van der Waals surface area contributed by atoms with E-state index in [0.717, 1.165) is 11.8 Å². The molecule has 0 radical (unpaired) electrons. The van der Waals surface area contributed by atoms with Gasteiger partial charge in [0.2, 0.25) is 0 Å². The second-order valence-corrected chi connectivity index (χ2v) is 4.58. The lowest BCUT2D eigenvalue weighted by molar-refractivity contribution is 0.456. The summed E-state index contributed by atoms with van der Waals surface area (Å²) >= 11 is 0. The zero-order chi connectivity index (χ0) is 9.68.